The third-order valence-electron chi connectivity index (χ3n) is 5.38. The van der Waals surface area contributed by atoms with Gasteiger partial charge < -0.3 is 10.8 Å². The zero-order valence-corrected chi connectivity index (χ0v) is 19.0. The fraction of sp³-hybridized carbons (Fsp3) is 0.333. The van der Waals surface area contributed by atoms with E-state index in [1.165, 1.54) is 49.8 Å². The summed E-state index contributed by atoms with van der Waals surface area (Å²) < 4.78 is 33.4. The highest BCUT2D eigenvalue weighted by Crippen LogP contribution is 2.41. The zero-order chi connectivity index (χ0) is 23.1. The Labute approximate surface area is 188 Å². The summed E-state index contributed by atoms with van der Waals surface area (Å²) in [6.45, 7) is 2.21. The van der Waals surface area contributed by atoms with Crippen LogP contribution in [0.2, 0.25) is 0 Å². The van der Waals surface area contributed by atoms with Crippen LogP contribution in [-0.2, 0) is 16.5 Å². The Morgan fingerprint density at radius 2 is 1.59 bits per heavy atom. The Bertz CT molecular complexity index is 1210. The van der Waals surface area contributed by atoms with Crippen LogP contribution in [0.3, 0.4) is 0 Å². The highest BCUT2D eigenvalue weighted by molar-refractivity contribution is 7.86. The number of hydrogen-bond donors (Lipinski definition) is 3. The van der Waals surface area contributed by atoms with E-state index in [-0.39, 0.29) is 5.69 Å². The molecule has 0 saturated carbocycles. The second-order valence-corrected chi connectivity index (χ2v) is 9.30. The van der Waals surface area contributed by atoms with Gasteiger partial charge in [-0.3, -0.25) is 4.55 Å². The van der Waals surface area contributed by atoms with Crippen LogP contribution in [0, 0.1) is 0 Å². The molecule has 0 unspecified atom stereocenters. The van der Waals surface area contributed by atoms with Gasteiger partial charge in [0, 0.05) is 11.1 Å². The summed E-state index contributed by atoms with van der Waals surface area (Å²) in [7, 11) is -4.63. The number of hydrogen-bond acceptors (Lipinski definition) is 6. The Morgan fingerprint density at radius 1 is 0.906 bits per heavy atom. The molecule has 0 amide bonds. The molecule has 4 N–H and O–H groups in total. The molecule has 0 aliphatic heterocycles. The largest absolute Gasteiger partial charge is 0.505 e. The number of nitrogens with two attached hydrogens (primary N) is 1. The number of azo groups is 1. The number of nitrogen functional groups attached to an aromatic ring is 1. The minimum atomic E-state index is -4.63. The fourth-order valence-electron chi connectivity index (χ4n) is 3.60. The van der Waals surface area contributed by atoms with Gasteiger partial charge in [-0.25, -0.2) is 0 Å². The van der Waals surface area contributed by atoms with Crippen LogP contribution in [0.15, 0.2) is 63.7 Å². The van der Waals surface area contributed by atoms with E-state index in [0.29, 0.717) is 22.1 Å². The molecule has 8 heteroatoms. The van der Waals surface area contributed by atoms with E-state index >= 15 is 0 Å². The molecule has 170 valence electrons. The first-order chi connectivity index (χ1) is 15.3. The first-order valence-electron chi connectivity index (χ1n) is 10.8. The van der Waals surface area contributed by atoms with E-state index in [1.807, 2.05) is 12.1 Å². The normalized spacial score (nSPS) is 12.1. The topological polar surface area (TPSA) is 125 Å². The minimum Gasteiger partial charge on any atom is -0.505 e. The summed E-state index contributed by atoms with van der Waals surface area (Å²) in [5.74, 6) is -0.411. The molecular formula is C24H29N3O4S. The van der Waals surface area contributed by atoms with Crippen molar-refractivity contribution in [1.29, 1.82) is 0 Å². The van der Waals surface area contributed by atoms with Crippen molar-refractivity contribution in [3.63, 3.8) is 0 Å². The fourth-order valence-corrected chi connectivity index (χ4v) is 4.26. The molecule has 0 radical (unpaired) electrons. The predicted octanol–water partition coefficient (Wildman–Crippen LogP) is 6.69. The molecule has 0 aromatic heterocycles. The van der Waals surface area contributed by atoms with Gasteiger partial charge in [-0.2, -0.15) is 13.5 Å². The molecule has 0 heterocycles. The smallest absolute Gasteiger partial charge is 0.296 e. The van der Waals surface area contributed by atoms with Crippen LogP contribution in [0.4, 0.5) is 17.1 Å². The maximum atomic E-state index is 11.9. The average molecular weight is 456 g/mol. The third-order valence-corrected chi connectivity index (χ3v) is 6.24. The Balaban J connectivity index is 1.79. The van der Waals surface area contributed by atoms with Gasteiger partial charge in [-0.1, -0.05) is 57.2 Å². The summed E-state index contributed by atoms with van der Waals surface area (Å²) in [4.78, 5) is -0.518. The lowest BCUT2D eigenvalue weighted by atomic mass is 10.0. The van der Waals surface area contributed by atoms with E-state index < -0.39 is 20.8 Å². The molecule has 0 spiro atoms. The summed E-state index contributed by atoms with van der Waals surface area (Å²) in [5.41, 5.74) is 7.55. The molecule has 0 fully saturated rings. The van der Waals surface area contributed by atoms with Gasteiger partial charge in [0.1, 0.15) is 10.6 Å². The molecular weight excluding hydrogens is 426 g/mol. The number of unbranched alkanes of at least 4 members (excludes halogenated alkanes) is 5. The molecule has 7 nitrogen and oxygen atoms in total. The Hall–Kier alpha value is -2.97. The summed E-state index contributed by atoms with van der Waals surface area (Å²) >= 11 is 0. The highest BCUT2D eigenvalue weighted by atomic mass is 32.2. The molecule has 0 atom stereocenters. The number of benzene rings is 3. The van der Waals surface area contributed by atoms with Crippen molar-refractivity contribution in [2.45, 2.75) is 56.8 Å². The van der Waals surface area contributed by atoms with E-state index in [4.69, 9.17) is 5.73 Å². The Morgan fingerprint density at radius 3 is 2.28 bits per heavy atom. The van der Waals surface area contributed by atoms with Gasteiger partial charge in [0.05, 0.1) is 5.69 Å². The first-order valence-corrected chi connectivity index (χ1v) is 12.3. The van der Waals surface area contributed by atoms with Crippen molar-refractivity contribution >= 4 is 38.0 Å². The number of anilines is 1. The molecule has 3 rings (SSSR count). The van der Waals surface area contributed by atoms with Gasteiger partial charge in [0.25, 0.3) is 10.1 Å². The number of phenols is 1. The highest BCUT2D eigenvalue weighted by Gasteiger charge is 2.22. The molecule has 3 aromatic carbocycles. The van der Waals surface area contributed by atoms with E-state index in [2.05, 4.69) is 17.2 Å². The lowest BCUT2D eigenvalue weighted by molar-refractivity contribution is 0.472. The summed E-state index contributed by atoms with van der Waals surface area (Å²) in [6, 6.07) is 13.4. The van der Waals surface area contributed by atoms with E-state index in [0.717, 1.165) is 12.8 Å². The second-order valence-electron chi connectivity index (χ2n) is 7.91. The van der Waals surface area contributed by atoms with Crippen LogP contribution in [0.5, 0.6) is 5.75 Å². The lowest BCUT2D eigenvalue weighted by Gasteiger charge is -2.09. The quantitative estimate of drug-likeness (QED) is 0.136. The van der Waals surface area contributed by atoms with Crippen LogP contribution in [-0.4, -0.2) is 18.1 Å². The number of phenolic OH excluding ortho intramolecular Hbond substituents is 1. The third kappa shape index (κ3) is 6.05. The maximum absolute atomic E-state index is 11.9. The standard InChI is InChI=1S/C24H29N3O4S/c1-2-3-4-5-6-7-8-17-9-13-20(14-10-17)26-27-23-22(32(29,30)31)15-18-11-12-19(25)16-21(18)24(23)28/h9-16,28H,2-8,25H2,1H3,(H,29,30,31). The first kappa shape index (κ1) is 23.7. The molecule has 0 aliphatic rings. The maximum Gasteiger partial charge on any atom is 0.296 e. The number of aromatic hydroxyl groups is 1. The van der Waals surface area contributed by atoms with Crippen molar-refractivity contribution in [3.05, 3.63) is 54.1 Å². The van der Waals surface area contributed by atoms with Crippen LogP contribution < -0.4 is 5.73 Å². The summed E-state index contributed by atoms with van der Waals surface area (Å²) in [6.07, 6.45) is 8.42. The van der Waals surface area contributed by atoms with Crippen LogP contribution >= 0.6 is 0 Å². The van der Waals surface area contributed by atoms with Crippen molar-refractivity contribution in [2.24, 2.45) is 10.2 Å². The van der Waals surface area contributed by atoms with Crippen molar-refractivity contribution in [1.82, 2.24) is 0 Å². The zero-order valence-electron chi connectivity index (χ0n) is 18.2. The average Bonchev–Trinajstić information content (AvgIpc) is 2.76. The van der Waals surface area contributed by atoms with Gasteiger partial charge >= 0.3 is 0 Å². The van der Waals surface area contributed by atoms with Gasteiger partial charge in [0.15, 0.2) is 5.75 Å². The summed E-state index contributed by atoms with van der Waals surface area (Å²) in [5, 5.41) is 19.4. The van der Waals surface area contributed by atoms with E-state index in [9.17, 15) is 18.1 Å². The van der Waals surface area contributed by atoms with Gasteiger partial charge in [-0.15, -0.1) is 5.11 Å². The SMILES string of the molecule is CCCCCCCCc1ccc(N=Nc2c(S(=O)(=O)O)cc3ccc(N)cc3c2O)cc1. The molecule has 0 saturated heterocycles. The van der Waals surface area contributed by atoms with Crippen molar-refractivity contribution < 1.29 is 18.1 Å². The number of fused-ring (bicyclic) bond motifs is 1. The van der Waals surface area contributed by atoms with E-state index in [1.54, 1.807) is 24.3 Å². The predicted molar refractivity (Wildman–Crippen MR) is 128 cm³/mol. The lowest BCUT2D eigenvalue weighted by Crippen LogP contribution is -1.99. The second kappa shape index (κ2) is 10.6. The molecule has 0 bridgehead atoms. The van der Waals surface area contributed by atoms with Crippen LogP contribution in [0.25, 0.3) is 10.8 Å². The number of aryl methyl sites for hydroxylation is 1. The minimum absolute atomic E-state index is 0.320. The monoisotopic (exact) mass is 455 g/mol. The number of nitrogens with zero attached hydrogens (tertiary/aromatic N) is 2. The molecule has 3 aromatic rings. The molecule has 0 aliphatic carbocycles. The molecule has 32 heavy (non-hydrogen) atoms. The van der Waals surface area contributed by atoms with Crippen molar-refractivity contribution in [2.75, 3.05) is 5.73 Å². The number of rotatable bonds is 10. The van der Waals surface area contributed by atoms with Crippen LogP contribution in [0.1, 0.15) is 51.0 Å². The van der Waals surface area contributed by atoms with Gasteiger partial charge in [-0.05, 0) is 54.1 Å². The van der Waals surface area contributed by atoms with Gasteiger partial charge in [0.2, 0.25) is 0 Å². The van der Waals surface area contributed by atoms with Crippen molar-refractivity contribution in [3.8, 4) is 5.75 Å². The Kier molecular flexibility index (Phi) is 7.82.